The Hall–Kier alpha value is -2.49. The lowest BCUT2D eigenvalue weighted by Crippen LogP contribution is -2.49. The Morgan fingerprint density at radius 2 is 1.73 bits per heavy atom. The van der Waals surface area contributed by atoms with Crippen LogP contribution in [0.3, 0.4) is 0 Å². The summed E-state index contributed by atoms with van der Waals surface area (Å²) in [6.07, 6.45) is 2.12. The van der Waals surface area contributed by atoms with E-state index in [4.69, 9.17) is 5.11 Å². The molecule has 1 N–H and O–H groups in total. The number of aliphatic hydroxyl groups excluding tert-OH is 1. The van der Waals surface area contributed by atoms with Gasteiger partial charge in [-0.05, 0) is 30.5 Å². The second-order valence-corrected chi connectivity index (χ2v) is 10.7. The summed E-state index contributed by atoms with van der Waals surface area (Å²) in [5.74, 6) is -0.735. The van der Waals surface area contributed by atoms with Crippen molar-refractivity contribution in [1.29, 1.82) is 0 Å². The first-order valence-electron chi connectivity index (χ1n) is 11.4. The highest BCUT2D eigenvalue weighted by molar-refractivity contribution is 7.89. The van der Waals surface area contributed by atoms with Crippen molar-refractivity contribution in [3.8, 4) is 0 Å². The van der Waals surface area contributed by atoms with Crippen LogP contribution in [0.15, 0.2) is 48.5 Å². The maximum Gasteiger partial charge on any atom is 0.248 e. The fourth-order valence-electron chi connectivity index (χ4n) is 4.61. The second-order valence-electron chi connectivity index (χ2n) is 8.58. The van der Waals surface area contributed by atoms with Crippen LogP contribution in [0.25, 0.3) is 0 Å². The zero-order chi connectivity index (χ0) is 23.4. The highest BCUT2D eigenvalue weighted by Crippen LogP contribution is 2.34. The fraction of sp³-hybridized carbons (Fsp3) is 0.458. The van der Waals surface area contributed by atoms with Crippen LogP contribution in [0.2, 0.25) is 0 Å². The van der Waals surface area contributed by atoms with Gasteiger partial charge in [0.25, 0.3) is 0 Å². The van der Waals surface area contributed by atoms with Gasteiger partial charge in [-0.2, -0.15) is 4.31 Å². The Morgan fingerprint density at radius 1 is 1.00 bits per heavy atom. The maximum atomic E-state index is 15.0. The minimum absolute atomic E-state index is 0.0105. The Labute approximate surface area is 194 Å². The topological polar surface area (TPSA) is 81.2 Å². The van der Waals surface area contributed by atoms with Gasteiger partial charge in [-0.15, -0.1) is 0 Å². The molecule has 178 valence electrons. The molecule has 0 aliphatic carbocycles. The smallest absolute Gasteiger partial charge is 0.248 e. The lowest BCUT2D eigenvalue weighted by atomic mass is 10.1. The molecule has 1 atom stereocenters. The van der Waals surface area contributed by atoms with Crippen molar-refractivity contribution < 1.29 is 22.7 Å². The zero-order valence-corrected chi connectivity index (χ0v) is 19.4. The average molecular weight is 476 g/mol. The van der Waals surface area contributed by atoms with E-state index in [2.05, 4.69) is 0 Å². The maximum absolute atomic E-state index is 15.0. The number of nitrogens with zero attached hydrogens (tertiary/aromatic N) is 3. The Bertz CT molecular complexity index is 1070. The number of benzene rings is 2. The highest BCUT2D eigenvalue weighted by atomic mass is 32.2. The van der Waals surface area contributed by atoms with Gasteiger partial charge in [0.15, 0.2) is 0 Å². The molecule has 2 aromatic carbocycles. The van der Waals surface area contributed by atoms with E-state index in [1.165, 1.54) is 10.4 Å². The molecule has 2 aliphatic heterocycles. The van der Waals surface area contributed by atoms with Gasteiger partial charge >= 0.3 is 0 Å². The summed E-state index contributed by atoms with van der Waals surface area (Å²) >= 11 is 0. The third-order valence-electron chi connectivity index (χ3n) is 6.53. The molecule has 9 heteroatoms. The number of sulfonamides is 1. The predicted octanol–water partition coefficient (Wildman–Crippen LogP) is 2.52. The first-order valence-corrected chi connectivity index (χ1v) is 12.9. The van der Waals surface area contributed by atoms with E-state index in [-0.39, 0.29) is 12.5 Å². The van der Waals surface area contributed by atoms with Crippen molar-refractivity contribution in [1.82, 2.24) is 9.21 Å². The van der Waals surface area contributed by atoms with E-state index < -0.39 is 27.7 Å². The van der Waals surface area contributed by atoms with Crippen LogP contribution in [0.4, 0.5) is 10.1 Å². The summed E-state index contributed by atoms with van der Waals surface area (Å²) in [6, 6.07) is 14.2. The molecule has 1 unspecified atom stereocenters. The van der Waals surface area contributed by atoms with Gasteiger partial charge in [-0.25, -0.2) is 12.8 Å². The molecule has 1 amide bonds. The largest absolute Gasteiger partial charge is 0.387 e. The van der Waals surface area contributed by atoms with Crippen LogP contribution >= 0.6 is 0 Å². The van der Waals surface area contributed by atoms with Gasteiger partial charge < -0.3 is 14.9 Å². The first kappa shape index (κ1) is 23.7. The summed E-state index contributed by atoms with van der Waals surface area (Å²) in [4.78, 5) is 15.2. The van der Waals surface area contributed by atoms with Crippen LogP contribution in [0.5, 0.6) is 0 Å². The molecule has 0 radical (unpaired) electrons. The number of piperazine rings is 1. The Morgan fingerprint density at radius 3 is 2.39 bits per heavy atom. The van der Waals surface area contributed by atoms with Gasteiger partial charge in [0.2, 0.25) is 15.9 Å². The average Bonchev–Trinajstić information content (AvgIpc) is 2.98. The van der Waals surface area contributed by atoms with E-state index in [0.29, 0.717) is 50.4 Å². The summed E-state index contributed by atoms with van der Waals surface area (Å²) in [5.41, 5.74) is 1.83. The molecule has 2 aromatic rings. The van der Waals surface area contributed by atoms with E-state index in [0.717, 1.165) is 18.4 Å². The molecule has 0 spiro atoms. The molecule has 2 fully saturated rings. The number of carbonyl (C=O) groups excluding carboxylic acids is 1. The summed E-state index contributed by atoms with van der Waals surface area (Å²) in [7, 11) is -3.62. The molecule has 2 saturated heterocycles. The van der Waals surface area contributed by atoms with Crippen molar-refractivity contribution in [2.45, 2.75) is 31.1 Å². The molecule has 0 saturated carbocycles. The minimum Gasteiger partial charge on any atom is -0.387 e. The fourth-order valence-corrected chi connectivity index (χ4v) is 6.64. The third kappa shape index (κ3) is 5.20. The molecule has 7 nitrogen and oxygen atoms in total. The third-order valence-corrected chi connectivity index (χ3v) is 8.79. The first-order chi connectivity index (χ1) is 15.9. The van der Waals surface area contributed by atoms with Crippen LogP contribution < -0.4 is 4.90 Å². The number of halogens is 1. The van der Waals surface area contributed by atoms with Crippen molar-refractivity contribution in [2.24, 2.45) is 0 Å². The van der Waals surface area contributed by atoms with Gasteiger partial charge in [0, 0.05) is 50.5 Å². The monoisotopic (exact) mass is 475 g/mol. The summed E-state index contributed by atoms with van der Waals surface area (Å²) in [6.45, 7) is 1.91. The van der Waals surface area contributed by atoms with Crippen molar-refractivity contribution in [2.75, 3.05) is 44.2 Å². The molecule has 4 rings (SSSR count). The molecule has 33 heavy (non-hydrogen) atoms. The molecular formula is C24H30FN3O4S. The molecule has 2 heterocycles. The van der Waals surface area contributed by atoms with Gasteiger partial charge in [0.05, 0.1) is 0 Å². The van der Waals surface area contributed by atoms with Crippen LogP contribution in [0, 0.1) is 5.82 Å². The van der Waals surface area contributed by atoms with Crippen LogP contribution in [0.1, 0.15) is 35.6 Å². The van der Waals surface area contributed by atoms with E-state index in [1.807, 2.05) is 35.2 Å². The number of amides is 1. The quantitative estimate of drug-likeness (QED) is 0.719. The molecular weight excluding hydrogens is 445 g/mol. The van der Waals surface area contributed by atoms with E-state index in [9.17, 15) is 13.2 Å². The Kier molecular flexibility index (Phi) is 7.31. The summed E-state index contributed by atoms with van der Waals surface area (Å²) < 4.78 is 43.3. The van der Waals surface area contributed by atoms with Gasteiger partial charge in [-0.1, -0.05) is 42.8 Å². The van der Waals surface area contributed by atoms with E-state index in [1.54, 1.807) is 17.0 Å². The number of hydrogen-bond acceptors (Lipinski definition) is 5. The second kappa shape index (κ2) is 10.2. The van der Waals surface area contributed by atoms with Crippen molar-refractivity contribution in [3.63, 3.8) is 0 Å². The lowest BCUT2D eigenvalue weighted by Gasteiger charge is -2.36. The normalized spacial score (nSPS) is 21.6. The standard InChI is InChI=1S/C24H30FN3O4S/c25-22-16-21(26-12-14-27(15-13-26)24(30)18-29)10-9-20(22)17-28-11-5-4-8-23(33(28,31)32)19-6-2-1-3-7-19/h1-3,6-7,9-10,16,23,29H,4-5,8,11-15,17-18H2. The SMILES string of the molecule is O=C(CO)N1CCN(c2ccc(CN3CCCCC(c4ccccc4)S3(=O)=O)c(F)c2)CC1. The number of anilines is 1. The number of aliphatic hydroxyl groups is 1. The predicted molar refractivity (Wildman–Crippen MR) is 125 cm³/mol. The molecule has 0 bridgehead atoms. The van der Waals surface area contributed by atoms with Crippen molar-refractivity contribution >= 4 is 21.6 Å². The van der Waals surface area contributed by atoms with Crippen molar-refractivity contribution in [3.05, 3.63) is 65.5 Å². The van der Waals surface area contributed by atoms with Crippen LogP contribution in [-0.2, 0) is 21.4 Å². The van der Waals surface area contributed by atoms with Crippen LogP contribution in [-0.4, -0.2) is 68.0 Å². The van der Waals surface area contributed by atoms with Gasteiger partial charge in [0.1, 0.15) is 17.7 Å². The minimum atomic E-state index is -3.62. The number of hydrogen-bond donors (Lipinski definition) is 1. The zero-order valence-electron chi connectivity index (χ0n) is 18.6. The number of carbonyl (C=O) groups is 1. The summed E-state index contributed by atoms with van der Waals surface area (Å²) in [5, 5.41) is 8.40. The van der Waals surface area contributed by atoms with E-state index >= 15 is 4.39 Å². The number of rotatable bonds is 5. The van der Waals surface area contributed by atoms with Gasteiger partial charge in [-0.3, -0.25) is 4.79 Å². The highest BCUT2D eigenvalue weighted by Gasteiger charge is 2.35. The lowest BCUT2D eigenvalue weighted by molar-refractivity contribution is -0.134. The molecule has 0 aromatic heterocycles. The molecule has 2 aliphatic rings. The Balaban J connectivity index is 1.48.